The Kier molecular flexibility index (Phi) is 5.09. The van der Waals surface area contributed by atoms with Crippen LogP contribution in [0.5, 0.6) is 5.75 Å². The molecule has 1 aromatic heterocycles. The lowest BCUT2D eigenvalue weighted by atomic mass is 10.2. The van der Waals surface area contributed by atoms with Gasteiger partial charge in [-0.3, -0.25) is 4.79 Å². The van der Waals surface area contributed by atoms with Gasteiger partial charge >= 0.3 is 0 Å². The van der Waals surface area contributed by atoms with Gasteiger partial charge in [0.25, 0.3) is 5.91 Å². The molecular formula is C15H16FN3O2. The molecule has 0 unspecified atom stereocenters. The van der Waals surface area contributed by atoms with Crippen LogP contribution in [-0.4, -0.2) is 24.0 Å². The minimum atomic E-state index is -0.596. The Hall–Kier alpha value is -2.63. The molecule has 0 radical (unpaired) electrons. The number of hydrogen-bond donors (Lipinski definition) is 2. The molecule has 0 aliphatic carbocycles. The molecule has 0 saturated heterocycles. The molecule has 2 aromatic rings. The Morgan fingerprint density at radius 2 is 2.10 bits per heavy atom. The first-order chi connectivity index (χ1) is 10.2. The van der Waals surface area contributed by atoms with Gasteiger partial charge in [-0.1, -0.05) is 18.2 Å². The van der Waals surface area contributed by atoms with Crippen molar-refractivity contribution in [2.75, 3.05) is 18.9 Å². The van der Waals surface area contributed by atoms with Crippen LogP contribution in [0.3, 0.4) is 0 Å². The summed E-state index contributed by atoms with van der Waals surface area (Å²) in [6.45, 7) is 0.878. The highest BCUT2D eigenvalue weighted by atomic mass is 19.1. The SMILES string of the molecule is Nc1ncc(F)cc1C(=O)NCCCOc1ccccc1. The predicted octanol–water partition coefficient (Wildman–Crippen LogP) is 2.00. The Labute approximate surface area is 121 Å². The van der Waals surface area contributed by atoms with Crippen molar-refractivity contribution >= 4 is 11.7 Å². The fourth-order valence-electron chi connectivity index (χ4n) is 1.71. The molecule has 0 spiro atoms. The van der Waals surface area contributed by atoms with E-state index >= 15 is 0 Å². The average Bonchev–Trinajstić information content (AvgIpc) is 2.50. The number of nitrogen functional groups attached to an aromatic ring is 1. The highest BCUT2D eigenvalue weighted by Gasteiger charge is 2.11. The number of ether oxygens (including phenoxy) is 1. The monoisotopic (exact) mass is 289 g/mol. The van der Waals surface area contributed by atoms with Gasteiger partial charge in [0.15, 0.2) is 0 Å². The number of benzene rings is 1. The molecule has 1 heterocycles. The van der Waals surface area contributed by atoms with Gasteiger partial charge in [0.1, 0.15) is 17.4 Å². The van der Waals surface area contributed by atoms with E-state index in [9.17, 15) is 9.18 Å². The summed E-state index contributed by atoms with van der Waals surface area (Å²) in [5.41, 5.74) is 5.57. The van der Waals surface area contributed by atoms with Gasteiger partial charge in [-0.05, 0) is 24.6 Å². The van der Waals surface area contributed by atoms with Crippen LogP contribution in [0.2, 0.25) is 0 Å². The van der Waals surface area contributed by atoms with Crippen LogP contribution < -0.4 is 15.8 Å². The fourth-order valence-corrected chi connectivity index (χ4v) is 1.71. The zero-order chi connectivity index (χ0) is 15.1. The van der Waals surface area contributed by atoms with E-state index in [1.807, 2.05) is 30.3 Å². The normalized spacial score (nSPS) is 10.1. The van der Waals surface area contributed by atoms with Gasteiger partial charge in [-0.15, -0.1) is 0 Å². The first kappa shape index (κ1) is 14.8. The summed E-state index contributed by atoms with van der Waals surface area (Å²) in [7, 11) is 0. The van der Waals surface area contributed by atoms with Crippen molar-refractivity contribution < 1.29 is 13.9 Å². The van der Waals surface area contributed by atoms with Gasteiger partial charge in [0, 0.05) is 6.54 Å². The third kappa shape index (κ3) is 4.45. The van der Waals surface area contributed by atoms with E-state index in [0.29, 0.717) is 19.6 Å². The number of aromatic nitrogens is 1. The number of nitrogens with one attached hydrogen (secondary N) is 1. The van der Waals surface area contributed by atoms with Crippen molar-refractivity contribution in [2.45, 2.75) is 6.42 Å². The standard InChI is InChI=1S/C15H16FN3O2/c16-11-9-13(14(17)19-10-11)15(20)18-7-4-8-21-12-5-2-1-3-6-12/h1-3,5-6,9-10H,4,7-8H2,(H2,17,19)(H,18,20). The van der Waals surface area contributed by atoms with Gasteiger partial charge < -0.3 is 15.8 Å². The third-order valence-electron chi connectivity index (χ3n) is 2.75. The van der Waals surface area contributed by atoms with E-state index in [-0.39, 0.29) is 11.4 Å². The molecular weight excluding hydrogens is 273 g/mol. The quantitative estimate of drug-likeness (QED) is 0.797. The van der Waals surface area contributed by atoms with Gasteiger partial charge in [0.05, 0.1) is 18.4 Å². The summed E-state index contributed by atoms with van der Waals surface area (Å²) in [5, 5.41) is 2.65. The molecule has 0 fully saturated rings. The van der Waals surface area contributed by atoms with Crippen LogP contribution in [-0.2, 0) is 0 Å². The van der Waals surface area contributed by atoms with Crippen LogP contribution >= 0.6 is 0 Å². The molecule has 0 atom stereocenters. The number of carbonyl (C=O) groups is 1. The second-order valence-corrected chi connectivity index (χ2v) is 4.36. The molecule has 2 rings (SSSR count). The molecule has 0 saturated carbocycles. The Morgan fingerprint density at radius 3 is 2.86 bits per heavy atom. The van der Waals surface area contributed by atoms with Crippen LogP contribution in [0.15, 0.2) is 42.6 Å². The number of rotatable bonds is 6. The number of amides is 1. The Balaban J connectivity index is 1.73. The maximum absolute atomic E-state index is 13.0. The van der Waals surface area contributed by atoms with Crippen molar-refractivity contribution in [3.63, 3.8) is 0 Å². The third-order valence-corrected chi connectivity index (χ3v) is 2.75. The van der Waals surface area contributed by atoms with Crippen molar-refractivity contribution in [3.8, 4) is 5.75 Å². The van der Waals surface area contributed by atoms with Crippen molar-refractivity contribution in [3.05, 3.63) is 54.0 Å². The summed E-state index contributed by atoms with van der Waals surface area (Å²) in [5.74, 6) is -0.252. The molecule has 3 N–H and O–H groups in total. The van der Waals surface area contributed by atoms with Crippen LogP contribution in [0.4, 0.5) is 10.2 Å². The lowest BCUT2D eigenvalue weighted by molar-refractivity contribution is 0.0951. The van der Waals surface area contributed by atoms with Crippen LogP contribution in [0.25, 0.3) is 0 Å². The molecule has 5 nitrogen and oxygen atoms in total. The molecule has 0 aliphatic heterocycles. The zero-order valence-corrected chi connectivity index (χ0v) is 11.4. The highest BCUT2D eigenvalue weighted by molar-refractivity contribution is 5.98. The van der Waals surface area contributed by atoms with E-state index in [4.69, 9.17) is 10.5 Å². The van der Waals surface area contributed by atoms with E-state index in [2.05, 4.69) is 10.3 Å². The molecule has 0 bridgehead atoms. The molecule has 0 aliphatic rings. The topological polar surface area (TPSA) is 77.2 Å². The maximum Gasteiger partial charge on any atom is 0.255 e. The molecule has 1 aromatic carbocycles. The number of hydrogen-bond acceptors (Lipinski definition) is 4. The number of carbonyl (C=O) groups excluding carboxylic acids is 1. The Bertz CT molecular complexity index is 605. The van der Waals surface area contributed by atoms with Crippen LogP contribution in [0.1, 0.15) is 16.8 Å². The fraction of sp³-hybridized carbons (Fsp3) is 0.200. The lowest BCUT2D eigenvalue weighted by Crippen LogP contribution is -2.26. The number of nitrogens with zero attached hydrogens (tertiary/aromatic N) is 1. The Morgan fingerprint density at radius 1 is 1.33 bits per heavy atom. The zero-order valence-electron chi connectivity index (χ0n) is 11.4. The van der Waals surface area contributed by atoms with Crippen molar-refractivity contribution in [2.24, 2.45) is 0 Å². The largest absolute Gasteiger partial charge is 0.494 e. The van der Waals surface area contributed by atoms with Gasteiger partial charge in [-0.25, -0.2) is 9.37 Å². The second kappa shape index (κ2) is 7.23. The lowest BCUT2D eigenvalue weighted by Gasteiger charge is -2.08. The van der Waals surface area contributed by atoms with Gasteiger partial charge in [-0.2, -0.15) is 0 Å². The van der Waals surface area contributed by atoms with E-state index in [1.165, 1.54) is 0 Å². The maximum atomic E-state index is 13.0. The summed E-state index contributed by atoms with van der Waals surface area (Å²) in [4.78, 5) is 15.4. The number of nitrogens with two attached hydrogens (primary N) is 1. The molecule has 21 heavy (non-hydrogen) atoms. The molecule has 1 amide bonds. The summed E-state index contributed by atoms with van der Waals surface area (Å²) >= 11 is 0. The molecule has 6 heteroatoms. The number of para-hydroxylation sites is 1. The number of halogens is 1. The van der Waals surface area contributed by atoms with E-state index in [0.717, 1.165) is 18.0 Å². The first-order valence-electron chi connectivity index (χ1n) is 6.54. The molecule has 110 valence electrons. The summed E-state index contributed by atoms with van der Waals surface area (Å²) in [6.07, 6.45) is 1.60. The van der Waals surface area contributed by atoms with Crippen molar-refractivity contribution in [1.29, 1.82) is 0 Å². The summed E-state index contributed by atoms with van der Waals surface area (Å²) < 4.78 is 18.5. The number of anilines is 1. The van der Waals surface area contributed by atoms with E-state index in [1.54, 1.807) is 0 Å². The first-order valence-corrected chi connectivity index (χ1v) is 6.54. The smallest absolute Gasteiger partial charge is 0.255 e. The predicted molar refractivity (Wildman–Crippen MR) is 77.5 cm³/mol. The highest BCUT2D eigenvalue weighted by Crippen LogP contribution is 2.10. The van der Waals surface area contributed by atoms with Crippen LogP contribution in [0, 0.1) is 5.82 Å². The van der Waals surface area contributed by atoms with Crippen molar-refractivity contribution in [1.82, 2.24) is 10.3 Å². The van der Waals surface area contributed by atoms with E-state index < -0.39 is 11.7 Å². The minimum absolute atomic E-state index is 0.00874. The second-order valence-electron chi connectivity index (χ2n) is 4.36. The summed E-state index contributed by atoms with van der Waals surface area (Å²) in [6, 6.07) is 10.5. The minimum Gasteiger partial charge on any atom is -0.494 e. The van der Waals surface area contributed by atoms with Gasteiger partial charge in [0.2, 0.25) is 0 Å². The average molecular weight is 289 g/mol. The number of pyridine rings is 1.